The first kappa shape index (κ1) is 15.9. The van der Waals surface area contributed by atoms with Gasteiger partial charge in [0.2, 0.25) is 0 Å². The quantitative estimate of drug-likeness (QED) is 0.545. The number of fused-ring (bicyclic) bond motifs is 2. The monoisotopic (exact) mass is 384 g/mol. The molecule has 26 heavy (non-hydrogen) atoms. The molecule has 0 amide bonds. The fourth-order valence-electron chi connectivity index (χ4n) is 3.13. The number of carbonyl (C=O) groups is 1. The minimum absolute atomic E-state index is 0.135. The molecule has 0 radical (unpaired) electrons. The van der Waals surface area contributed by atoms with Crippen LogP contribution >= 0.6 is 22.7 Å². The van der Waals surface area contributed by atoms with Crippen LogP contribution in [0.25, 0.3) is 20.4 Å². The Labute approximate surface area is 157 Å². The third-order valence-corrected chi connectivity index (χ3v) is 6.77. The second-order valence-corrected chi connectivity index (χ2v) is 8.31. The van der Waals surface area contributed by atoms with Gasteiger partial charge in [-0.25, -0.2) is 4.98 Å². The second-order valence-electron chi connectivity index (χ2n) is 6.27. The van der Waals surface area contributed by atoms with Crippen molar-refractivity contribution in [3.63, 3.8) is 0 Å². The lowest BCUT2D eigenvalue weighted by atomic mass is 10.1. The molecular formula is C18H16N4O2S2. The van der Waals surface area contributed by atoms with E-state index in [2.05, 4.69) is 15.1 Å². The van der Waals surface area contributed by atoms with Gasteiger partial charge < -0.3 is 9.64 Å². The van der Waals surface area contributed by atoms with E-state index in [1.165, 1.54) is 11.3 Å². The molecule has 5 rings (SSSR count). The average molecular weight is 384 g/mol. The number of aromatic nitrogens is 3. The van der Waals surface area contributed by atoms with Crippen LogP contribution in [0, 0.1) is 0 Å². The molecule has 6 nitrogen and oxygen atoms in total. The zero-order valence-electron chi connectivity index (χ0n) is 13.9. The molecule has 4 aromatic rings. The minimum atomic E-state index is 0.135. The summed E-state index contributed by atoms with van der Waals surface area (Å²) in [5.74, 6) is 0.135. The smallest absolute Gasteiger partial charge is 0.187 e. The molecule has 1 aliphatic heterocycles. The van der Waals surface area contributed by atoms with Gasteiger partial charge in [0.25, 0.3) is 0 Å². The number of ether oxygens (including phenoxy) is 1. The predicted molar refractivity (Wildman–Crippen MR) is 105 cm³/mol. The van der Waals surface area contributed by atoms with Gasteiger partial charge in [0, 0.05) is 24.9 Å². The van der Waals surface area contributed by atoms with Crippen molar-refractivity contribution < 1.29 is 9.53 Å². The van der Waals surface area contributed by atoms with Gasteiger partial charge in [0.15, 0.2) is 10.9 Å². The highest BCUT2D eigenvalue weighted by molar-refractivity contribution is 7.29. The first-order chi connectivity index (χ1) is 12.8. The molecule has 0 bridgehead atoms. The Morgan fingerprint density at radius 3 is 2.96 bits per heavy atom. The maximum atomic E-state index is 12.7. The molecule has 8 heteroatoms. The number of Topliss-reactive ketones (excluding diaryl/α,β-unsaturated/α-hetero) is 1. The summed E-state index contributed by atoms with van der Waals surface area (Å²) in [5, 5.41) is 9.00. The summed E-state index contributed by atoms with van der Waals surface area (Å²) >= 11 is 3.14. The van der Waals surface area contributed by atoms with Gasteiger partial charge in [-0.1, -0.05) is 17.4 Å². The molecule has 0 atom stereocenters. The van der Waals surface area contributed by atoms with E-state index in [0.717, 1.165) is 62.3 Å². The summed E-state index contributed by atoms with van der Waals surface area (Å²) in [6.07, 6.45) is 2.17. The molecule has 1 fully saturated rings. The van der Waals surface area contributed by atoms with Crippen LogP contribution in [0.2, 0.25) is 0 Å². The topological polar surface area (TPSA) is 71.1 Å². The summed E-state index contributed by atoms with van der Waals surface area (Å²) in [6, 6.07) is 7.94. The van der Waals surface area contributed by atoms with Gasteiger partial charge in [0.1, 0.15) is 4.83 Å². The van der Waals surface area contributed by atoms with Crippen molar-refractivity contribution >= 4 is 54.0 Å². The summed E-state index contributed by atoms with van der Waals surface area (Å²) in [6.45, 7) is 3.25. The number of thiophene rings is 1. The average Bonchev–Trinajstić information content (AvgIpc) is 3.36. The standard InChI is InChI=1S/C18H16N4O2S2/c23-14(8-11-1-2-13-12(7-11)10-19-21-13)15-9-16-17(25-15)20-18(26-16)22-3-5-24-6-4-22/h1-2,7,9-10H,3-6,8H2,(H,19,21). The number of carbonyl (C=O) groups excluding carboxylic acids is 1. The third kappa shape index (κ3) is 2.90. The van der Waals surface area contributed by atoms with E-state index in [-0.39, 0.29) is 5.78 Å². The number of benzene rings is 1. The fourth-order valence-corrected chi connectivity index (χ4v) is 5.33. The number of H-pyrrole nitrogens is 1. The predicted octanol–water partition coefficient (Wildman–Crippen LogP) is 3.50. The van der Waals surface area contributed by atoms with Crippen LogP contribution < -0.4 is 4.90 Å². The molecule has 1 aromatic carbocycles. The van der Waals surface area contributed by atoms with Crippen LogP contribution in [0.3, 0.4) is 0 Å². The lowest BCUT2D eigenvalue weighted by molar-refractivity contribution is 0.0997. The normalized spacial score (nSPS) is 15.2. The number of thiazole rings is 1. The molecule has 0 spiro atoms. The number of rotatable bonds is 4. The zero-order chi connectivity index (χ0) is 17.5. The van der Waals surface area contributed by atoms with Crippen LogP contribution in [-0.2, 0) is 11.2 Å². The van der Waals surface area contributed by atoms with Crippen molar-refractivity contribution in [1.29, 1.82) is 0 Å². The maximum absolute atomic E-state index is 12.7. The van der Waals surface area contributed by atoms with E-state index in [1.807, 2.05) is 24.3 Å². The molecule has 132 valence electrons. The van der Waals surface area contributed by atoms with Crippen molar-refractivity contribution in [2.75, 3.05) is 31.2 Å². The maximum Gasteiger partial charge on any atom is 0.187 e. The Balaban J connectivity index is 1.36. The number of anilines is 1. The summed E-state index contributed by atoms with van der Waals surface area (Å²) in [4.78, 5) is 21.4. The van der Waals surface area contributed by atoms with Crippen LogP contribution in [0.4, 0.5) is 5.13 Å². The van der Waals surface area contributed by atoms with Crippen LogP contribution in [-0.4, -0.2) is 47.3 Å². The van der Waals surface area contributed by atoms with Gasteiger partial charge in [-0.2, -0.15) is 5.10 Å². The van der Waals surface area contributed by atoms with Crippen molar-refractivity contribution in [1.82, 2.24) is 15.2 Å². The molecule has 0 unspecified atom stereocenters. The number of ketones is 1. The SMILES string of the molecule is O=C(Cc1ccc2[nH]ncc2c1)c1cc2sc(N3CCOCC3)nc2s1. The summed E-state index contributed by atoms with van der Waals surface area (Å²) in [7, 11) is 0. The lowest BCUT2D eigenvalue weighted by Gasteiger charge is -2.25. The van der Waals surface area contributed by atoms with Gasteiger partial charge >= 0.3 is 0 Å². The number of aromatic amines is 1. The fraction of sp³-hybridized carbons (Fsp3) is 0.278. The highest BCUT2D eigenvalue weighted by atomic mass is 32.1. The zero-order valence-corrected chi connectivity index (χ0v) is 15.5. The number of morpholine rings is 1. The molecule has 3 aromatic heterocycles. The van der Waals surface area contributed by atoms with E-state index in [1.54, 1.807) is 17.5 Å². The summed E-state index contributed by atoms with van der Waals surface area (Å²) < 4.78 is 6.48. The van der Waals surface area contributed by atoms with Crippen LogP contribution in [0.5, 0.6) is 0 Å². The van der Waals surface area contributed by atoms with Crippen molar-refractivity contribution in [2.24, 2.45) is 0 Å². The first-order valence-corrected chi connectivity index (χ1v) is 10.1. The van der Waals surface area contributed by atoms with E-state index < -0.39 is 0 Å². The molecule has 1 saturated heterocycles. The van der Waals surface area contributed by atoms with Gasteiger partial charge in [-0.3, -0.25) is 9.89 Å². The molecular weight excluding hydrogens is 368 g/mol. The Morgan fingerprint density at radius 1 is 1.23 bits per heavy atom. The minimum Gasteiger partial charge on any atom is -0.378 e. The van der Waals surface area contributed by atoms with Gasteiger partial charge in [-0.05, 0) is 23.8 Å². The van der Waals surface area contributed by atoms with E-state index in [9.17, 15) is 4.79 Å². The van der Waals surface area contributed by atoms with E-state index in [4.69, 9.17) is 9.72 Å². The Bertz CT molecular complexity index is 1060. The highest BCUT2D eigenvalue weighted by Crippen LogP contribution is 2.35. The number of nitrogens with zero attached hydrogens (tertiary/aromatic N) is 3. The highest BCUT2D eigenvalue weighted by Gasteiger charge is 2.19. The van der Waals surface area contributed by atoms with Crippen LogP contribution in [0.1, 0.15) is 15.2 Å². The van der Waals surface area contributed by atoms with Crippen molar-refractivity contribution in [3.05, 3.63) is 40.9 Å². The summed E-state index contributed by atoms with van der Waals surface area (Å²) in [5.41, 5.74) is 1.99. The van der Waals surface area contributed by atoms with E-state index >= 15 is 0 Å². The van der Waals surface area contributed by atoms with Crippen LogP contribution in [0.15, 0.2) is 30.5 Å². The Kier molecular flexibility index (Phi) is 3.96. The molecule has 4 heterocycles. The van der Waals surface area contributed by atoms with Gasteiger partial charge in [-0.15, -0.1) is 11.3 Å². The molecule has 0 aliphatic carbocycles. The largest absolute Gasteiger partial charge is 0.378 e. The third-order valence-electron chi connectivity index (χ3n) is 4.50. The van der Waals surface area contributed by atoms with Crippen molar-refractivity contribution in [2.45, 2.75) is 6.42 Å². The van der Waals surface area contributed by atoms with Gasteiger partial charge in [0.05, 0.1) is 34.5 Å². The number of nitrogens with one attached hydrogen (secondary N) is 1. The number of hydrogen-bond donors (Lipinski definition) is 1. The van der Waals surface area contributed by atoms with Crippen molar-refractivity contribution in [3.8, 4) is 0 Å². The van der Waals surface area contributed by atoms with E-state index in [0.29, 0.717) is 6.42 Å². The molecule has 0 saturated carbocycles. The lowest BCUT2D eigenvalue weighted by Crippen LogP contribution is -2.36. The molecule has 1 N–H and O–H groups in total. The molecule has 1 aliphatic rings. The Morgan fingerprint density at radius 2 is 2.12 bits per heavy atom. The first-order valence-electron chi connectivity index (χ1n) is 8.44. The second kappa shape index (κ2) is 6.46. The Hall–Kier alpha value is -2.29. The number of hydrogen-bond acceptors (Lipinski definition) is 7.